The number of carbonyl (C=O) groups is 2. The van der Waals surface area contributed by atoms with Crippen LogP contribution in [0.15, 0.2) is 36.0 Å². The molecular formula is C16H19N5O2S. The summed E-state index contributed by atoms with van der Waals surface area (Å²) in [6.07, 6.45) is 4.55. The Morgan fingerprint density at radius 1 is 1.38 bits per heavy atom. The van der Waals surface area contributed by atoms with E-state index in [-0.39, 0.29) is 24.3 Å². The van der Waals surface area contributed by atoms with Crippen molar-refractivity contribution < 1.29 is 9.59 Å². The number of amides is 2. The second-order valence-electron chi connectivity index (χ2n) is 5.44. The Balaban J connectivity index is 1.78. The zero-order chi connectivity index (χ0) is 16.9. The number of nitrogens with zero attached hydrogens (tertiary/aromatic N) is 1. The fourth-order valence-electron chi connectivity index (χ4n) is 2.47. The van der Waals surface area contributed by atoms with Crippen molar-refractivity contribution >= 4 is 34.6 Å². The van der Waals surface area contributed by atoms with Crippen LogP contribution in [0.1, 0.15) is 24.7 Å². The van der Waals surface area contributed by atoms with Crippen molar-refractivity contribution in [3.05, 3.63) is 41.9 Å². The SMILES string of the molecule is CSCC[C@@H](NC(=O)C1=CCC(=O)NN1)c1nc2ccccc2[nH]1. The average Bonchev–Trinajstić information content (AvgIpc) is 3.03. The summed E-state index contributed by atoms with van der Waals surface area (Å²) in [5.74, 6) is 1.20. The van der Waals surface area contributed by atoms with E-state index < -0.39 is 0 Å². The van der Waals surface area contributed by atoms with Gasteiger partial charge in [-0.25, -0.2) is 4.98 Å². The fourth-order valence-corrected chi connectivity index (χ4v) is 2.94. The zero-order valence-corrected chi connectivity index (χ0v) is 14.1. The lowest BCUT2D eigenvalue weighted by atomic mass is 10.2. The monoisotopic (exact) mass is 345 g/mol. The van der Waals surface area contributed by atoms with Gasteiger partial charge in [0, 0.05) is 6.42 Å². The molecule has 4 N–H and O–H groups in total. The highest BCUT2D eigenvalue weighted by atomic mass is 32.2. The average molecular weight is 345 g/mol. The highest BCUT2D eigenvalue weighted by Crippen LogP contribution is 2.20. The van der Waals surface area contributed by atoms with Crippen LogP contribution < -0.4 is 16.2 Å². The van der Waals surface area contributed by atoms with Crippen molar-refractivity contribution in [3.63, 3.8) is 0 Å². The molecule has 0 saturated carbocycles. The van der Waals surface area contributed by atoms with E-state index in [2.05, 4.69) is 26.1 Å². The van der Waals surface area contributed by atoms with E-state index in [0.29, 0.717) is 5.70 Å². The fraction of sp³-hybridized carbons (Fsp3) is 0.312. The number of fused-ring (bicyclic) bond motifs is 1. The number of rotatable bonds is 6. The number of hydrogen-bond donors (Lipinski definition) is 4. The van der Waals surface area contributed by atoms with Crippen LogP contribution in [0.25, 0.3) is 11.0 Å². The number of aromatic nitrogens is 2. The standard InChI is InChI=1S/C16H19N5O2S/c1-24-9-8-12(15-17-10-4-2-3-5-11(10)18-15)19-16(23)13-6-7-14(22)21-20-13/h2-6,12,20H,7-9H2,1H3,(H,17,18)(H,19,23)(H,21,22)/t12-/m1/s1. The van der Waals surface area contributed by atoms with Crippen molar-refractivity contribution in [2.75, 3.05) is 12.0 Å². The van der Waals surface area contributed by atoms with Gasteiger partial charge in [-0.15, -0.1) is 0 Å². The predicted molar refractivity (Wildman–Crippen MR) is 94.0 cm³/mol. The molecule has 0 unspecified atom stereocenters. The maximum absolute atomic E-state index is 12.4. The smallest absolute Gasteiger partial charge is 0.269 e. The Hall–Kier alpha value is -2.48. The summed E-state index contributed by atoms with van der Waals surface area (Å²) in [6, 6.07) is 7.54. The first-order chi connectivity index (χ1) is 11.7. The van der Waals surface area contributed by atoms with Crippen LogP contribution >= 0.6 is 11.8 Å². The second kappa shape index (κ2) is 7.39. The molecule has 1 aliphatic heterocycles. The Morgan fingerprint density at radius 2 is 2.21 bits per heavy atom. The molecule has 3 rings (SSSR count). The molecule has 0 bridgehead atoms. The van der Waals surface area contributed by atoms with E-state index in [1.165, 1.54) is 0 Å². The van der Waals surface area contributed by atoms with Crippen molar-refractivity contribution in [2.45, 2.75) is 18.9 Å². The van der Waals surface area contributed by atoms with E-state index in [4.69, 9.17) is 0 Å². The summed E-state index contributed by atoms with van der Waals surface area (Å²) in [7, 11) is 0. The molecule has 0 fully saturated rings. The minimum atomic E-state index is -0.262. The number of nitrogens with one attached hydrogen (secondary N) is 4. The number of H-pyrrole nitrogens is 1. The van der Waals surface area contributed by atoms with Crippen LogP contribution in [-0.4, -0.2) is 33.8 Å². The lowest BCUT2D eigenvalue weighted by molar-refractivity contribution is -0.122. The van der Waals surface area contributed by atoms with Crippen LogP contribution in [0.2, 0.25) is 0 Å². The molecule has 8 heteroatoms. The molecular weight excluding hydrogens is 326 g/mol. The molecule has 2 amide bonds. The van der Waals surface area contributed by atoms with Crippen LogP contribution in [0.4, 0.5) is 0 Å². The number of benzene rings is 1. The van der Waals surface area contributed by atoms with Gasteiger partial charge in [-0.1, -0.05) is 12.1 Å². The van der Waals surface area contributed by atoms with Gasteiger partial charge in [-0.3, -0.25) is 20.4 Å². The number of carbonyl (C=O) groups excluding carboxylic acids is 2. The first-order valence-corrected chi connectivity index (χ1v) is 9.06. The van der Waals surface area contributed by atoms with Crippen LogP contribution in [0.3, 0.4) is 0 Å². The summed E-state index contributed by atoms with van der Waals surface area (Å²) in [4.78, 5) is 31.4. The quantitative estimate of drug-likeness (QED) is 0.634. The molecule has 2 aromatic rings. The normalized spacial score (nSPS) is 15.4. The van der Waals surface area contributed by atoms with E-state index in [9.17, 15) is 9.59 Å². The number of thioether (sulfide) groups is 1. The third-order valence-electron chi connectivity index (χ3n) is 3.73. The number of hydrazine groups is 1. The maximum Gasteiger partial charge on any atom is 0.269 e. The van der Waals surface area contributed by atoms with Gasteiger partial charge in [-0.05, 0) is 36.6 Å². The molecule has 1 aliphatic rings. The molecule has 0 saturated heterocycles. The van der Waals surface area contributed by atoms with Crippen molar-refractivity contribution in [3.8, 4) is 0 Å². The molecule has 0 radical (unpaired) electrons. The van der Waals surface area contributed by atoms with E-state index in [1.54, 1.807) is 17.8 Å². The first-order valence-electron chi connectivity index (χ1n) is 7.67. The molecule has 1 aromatic heterocycles. The van der Waals surface area contributed by atoms with E-state index >= 15 is 0 Å². The van der Waals surface area contributed by atoms with Gasteiger partial charge in [0.25, 0.3) is 5.91 Å². The molecule has 126 valence electrons. The maximum atomic E-state index is 12.4. The van der Waals surface area contributed by atoms with E-state index in [0.717, 1.165) is 29.0 Å². The van der Waals surface area contributed by atoms with Crippen LogP contribution in [-0.2, 0) is 9.59 Å². The third kappa shape index (κ3) is 3.70. The highest BCUT2D eigenvalue weighted by Gasteiger charge is 2.22. The largest absolute Gasteiger partial charge is 0.341 e. The Kier molecular flexibility index (Phi) is 5.05. The number of para-hydroxylation sites is 2. The van der Waals surface area contributed by atoms with Crippen molar-refractivity contribution in [2.24, 2.45) is 0 Å². The van der Waals surface area contributed by atoms with Gasteiger partial charge in [0.1, 0.15) is 11.5 Å². The van der Waals surface area contributed by atoms with Gasteiger partial charge in [0.2, 0.25) is 5.91 Å². The minimum Gasteiger partial charge on any atom is -0.341 e. The van der Waals surface area contributed by atoms with Gasteiger partial charge in [0.05, 0.1) is 17.1 Å². The third-order valence-corrected chi connectivity index (χ3v) is 4.37. The molecule has 0 aliphatic carbocycles. The number of imidazole rings is 1. The van der Waals surface area contributed by atoms with Gasteiger partial charge in [0.15, 0.2) is 0 Å². The molecule has 2 heterocycles. The Morgan fingerprint density at radius 3 is 2.92 bits per heavy atom. The molecule has 7 nitrogen and oxygen atoms in total. The number of aromatic amines is 1. The number of hydrogen-bond acceptors (Lipinski definition) is 5. The highest BCUT2D eigenvalue weighted by molar-refractivity contribution is 7.98. The zero-order valence-electron chi connectivity index (χ0n) is 13.3. The van der Waals surface area contributed by atoms with Gasteiger partial charge >= 0.3 is 0 Å². The first kappa shape index (κ1) is 16.4. The summed E-state index contributed by atoms with van der Waals surface area (Å²) in [5.41, 5.74) is 7.23. The molecule has 0 spiro atoms. The molecule has 24 heavy (non-hydrogen) atoms. The second-order valence-corrected chi connectivity index (χ2v) is 6.43. The van der Waals surface area contributed by atoms with Crippen LogP contribution in [0.5, 0.6) is 0 Å². The predicted octanol–water partition coefficient (Wildman–Crippen LogP) is 1.38. The Labute approximate surface area is 143 Å². The summed E-state index contributed by atoms with van der Waals surface area (Å²) >= 11 is 1.71. The Bertz CT molecular complexity index is 753. The lowest BCUT2D eigenvalue weighted by Gasteiger charge is -2.20. The van der Waals surface area contributed by atoms with Crippen LogP contribution in [0, 0.1) is 0 Å². The molecule has 1 atom stereocenters. The topological polar surface area (TPSA) is 98.9 Å². The summed E-state index contributed by atoms with van der Waals surface area (Å²) < 4.78 is 0. The summed E-state index contributed by atoms with van der Waals surface area (Å²) in [6.45, 7) is 0. The van der Waals surface area contributed by atoms with Crippen molar-refractivity contribution in [1.82, 2.24) is 26.1 Å². The van der Waals surface area contributed by atoms with E-state index in [1.807, 2.05) is 30.5 Å². The van der Waals surface area contributed by atoms with Gasteiger partial charge in [-0.2, -0.15) is 11.8 Å². The van der Waals surface area contributed by atoms with Crippen molar-refractivity contribution in [1.29, 1.82) is 0 Å². The minimum absolute atomic E-state index is 0.164. The van der Waals surface area contributed by atoms with Gasteiger partial charge < -0.3 is 10.3 Å². The summed E-state index contributed by atoms with van der Waals surface area (Å²) in [5, 5.41) is 2.99. The lowest BCUT2D eigenvalue weighted by Crippen LogP contribution is -2.45. The molecule has 1 aromatic carbocycles.